The number of carbonyl (C=O) groups excluding carboxylic acids is 1. The summed E-state index contributed by atoms with van der Waals surface area (Å²) in [6, 6.07) is 11.0. The van der Waals surface area contributed by atoms with Gasteiger partial charge in [0.2, 0.25) is 10.0 Å². The predicted octanol–water partition coefficient (Wildman–Crippen LogP) is 3.07. The van der Waals surface area contributed by atoms with Crippen molar-refractivity contribution in [3.05, 3.63) is 64.0 Å². The number of amides is 1. The monoisotopic (exact) mass is 444 g/mol. The van der Waals surface area contributed by atoms with Crippen LogP contribution in [0.4, 0.5) is 5.69 Å². The van der Waals surface area contributed by atoms with Crippen LogP contribution in [-0.4, -0.2) is 38.8 Å². The molecule has 31 heavy (non-hydrogen) atoms. The maximum absolute atomic E-state index is 12.7. The first-order chi connectivity index (χ1) is 14.5. The van der Waals surface area contributed by atoms with E-state index in [2.05, 4.69) is 5.32 Å². The molecule has 9 heteroatoms. The van der Waals surface area contributed by atoms with E-state index < -0.39 is 27.7 Å². The van der Waals surface area contributed by atoms with Gasteiger partial charge in [0, 0.05) is 37.3 Å². The van der Waals surface area contributed by atoms with Gasteiger partial charge in [-0.05, 0) is 56.2 Å². The number of hydrogen-bond donors (Lipinski definition) is 1. The summed E-state index contributed by atoms with van der Waals surface area (Å²) >= 11 is 0. The summed E-state index contributed by atoms with van der Waals surface area (Å²) in [4.78, 5) is 24.3. The number of hydrogen-bond acceptors (Lipinski definition) is 6. The Bertz CT molecular complexity index is 1310. The van der Waals surface area contributed by atoms with Gasteiger partial charge in [-0.3, -0.25) is 4.79 Å². The van der Waals surface area contributed by atoms with Gasteiger partial charge in [0.05, 0.1) is 4.90 Å². The third-order valence-corrected chi connectivity index (χ3v) is 6.66. The Hall–Kier alpha value is -3.17. The lowest BCUT2D eigenvalue weighted by Crippen LogP contribution is -2.30. The van der Waals surface area contributed by atoms with Gasteiger partial charge >= 0.3 is 5.63 Å². The Kier molecular flexibility index (Phi) is 6.19. The average Bonchev–Trinajstić information content (AvgIpc) is 2.68. The smallest absolute Gasteiger partial charge is 0.336 e. The third-order valence-electron chi connectivity index (χ3n) is 4.85. The number of anilines is 1. The molecule has 1 heterocycles. The Labute approximate surface area is 180 Å². The topological polar surface area (TPSA) is 106 Å². The SMILES string of the molecule is Cc1ccc(S(=O)(=O)N(C)C)cc1NC(=O)C(C)Oc1ccc2c(C)cc(=O)oc2c1. The largest absolute Gasteiger partial charge is 0.481 e. The lowest BCUT2D eigenvalue weighted by molar-refractivity contribution is -0.122. The molecule has 164 valence electrons. The number of aryl methyl sites for hydroxylation is 2. The summed E-state index contributed by atoms with van der Waals surface area (Å²) in [6.07, 6.45) is -0.887. The minimum Gasteiger partial charge on any atom is -0.481 e. The van der Waals surface area contributed by atoms with Crippen LogP contribution in [0.2, 0.25) is 0 Å². The van der Waals surface area contributed by atoms with E-state index in [0.29, 0.717) is 22.6 Å². The van der Waals surface area contributed by atoms with E-state index in [9.17, 15) is 18.0 Å². The molecule has 0 saturated carbocycles. The van der Waals surface area contributed by atoms with E-state index >= 15 is 0 Å². The van der Waals surface area contributed by atoms with E-state index in [-0.39, 0.29) is 4.90 Å². The van der Waals surface area contributed by atoms with Crippen molar-refractivity contribution in [1.29, 1.82) is 0 Å². The van der Waals surface area contributed by atoms with Crippen LogP contribution in [-0.2, 0) is 14.8 Å². The van der Waals surface area contributed by atoms with Gasteiger partial charge in [-0.2, -0.15) is 0 Å². The molecule has 0 spiro atoms. The highest BCUT2D eigenvalue weighted by Gasteiger charge is 2.21. The Morgan fingerprint density at radius 3 is 2.45 bits per heavy atom. The molecule has 0 bridgehead atoms. The van der Waals surface area contributed by atoms with Crippen molar-refractivity contribution in [1.82, 2.24) is 4.31 Å². The summed E-state index contributed by atoms with van der Waals surface area (Å²) in [6.45, 7) is 5.14. The molecule has 3 rings (SSSR count). The van der Waals surface area contributed by atoms with E-state index in [1.54, 1.807) is 38.1 Å². The highest BCUT2D eigenvalue weighted by Crippen LogP contribution is 2.25. The van der Waals surface area contributed by atoms with Crippen LogP contribution in [0, 0.1) is 13.8 Å². The number of ether oxygens (including phenoxy) is 1. The minimum atomic E-state index is -3.63. The highest BCUT2D eigenvalue weighted by molar-refractivity contribution is 7.89. The Morgan fingerprint density at radius 1 is 1.06 bits per heavy atom. The van der Waals surface area contributed by atoms with Gasteiger partial charge < -0.3 is 14.5 Å². The molecule has 1 amide bonds. The molecule has 0 aliphatic carbocycles. The molecule has 1 atom stereocenters. The number of nitrogens with zero attached hydrogens (tertiary/aromatic N) is 1. The number of sulfonamides is 1. The van der Waals surface area contributed by atoms with Crippen molar-refractivity contribution < 1.29 is 22.4 Å². The van der Waals surface area contributed by atoms with Crippen LogP contribution in [0.15, 0.2) is 56.6 Å². The molecule has 8 nitrogen and oxygen atoms in total. The molecule has 0 aliphatic rings. The molecule has 2 aromatic carbocycles. The van der Waals surface area contributed by atoms with Gasteiger partial charge in [-0.15, -0.1) is 0 Å². The van der Waals surface area contributed by atoms with E-state index in [1.807, 2.05) is 6.92 Å². The van der Waals surface area contributed by atoms with Crippen LogP contribution < -0.4 is 15.7 Å². The van der Waals surface area contributed by atoms with Crippen LogP contribution in [0.5, 0.6) is 5.75 Å². The summed E-state index contributed by atoms with van der Waals surface area (Å²) in [7, 11) is -0.752. The van der Waals surface area contributed by atoms with Crippen molar-refractivity contribution >= 4 is 32.6 Å². The summed E-state index contributed by atoms with van der Waals surface area (Å²) in [5, 5.41) is 3.49. The van der Waals surface area contributed by atoms with Crippen LogP contribution in [0.3, 0.4) is 0 Å². The number of fused-ring (bicyclic) bond motifs is 1. The van der Waals surface area contributed by atoms with Crippen molar-refractivity contribution in [3.63, 3.8) is 0 Å². The first-order valence-electron chi connectivity index (χ1n) is 9.54. The molecular weight excluding hydrogens is 420 g/mol. The Morgan fingerprint density at radius 2 is 1.77 bits per heavy atom. The lowest BCUT2D eigenvalue weighted by atomic mass is 10.1. The van der Waals surface area contributed by atoms with Crippen molar-refractivity contribution in [2.24, 2.45) is 0 Å². The molecule has 0 aliphatic heterocycles. The van der Waals surface area contributed by atoms with E-state index in [1.165, 1.54) is 32.3 Å². The fourth-order valence-corrected chi connectivity index (χ4v) is 3.91. The summed E-state index contributed by atoms with van der Waals surface area (Å²) < 4.78 is 36.8. The first kappa shape index (κ1) is 22.5. The van der Waals surface area contributed by atoms with Crippen LogP contribution in [0.25, 0.3) is 11.0 Å². The van der Waals surface area contributed by atoms with Crippen molar-refractivity contribution in [2.75, 3.05) is 19.4 Å². The zero-order valence-electron chi connectivity index (χ0n) is 17.9. The molecule has 1 unspecified atom stereocenters. The predicted molar refractivity (Wildman–Crippen MR) is 118 cm³/mol. The normalized spacial score (nSPS) is 12.7. The van der Waals surface area contributed by atoms with Crippen molar-refractivity contribution in [3.8, 4) is 5.75 Å². The maximum Gasteiger partial charge on any atom is 0.336 e. The fourth-order valence-electron chi connectivity index (χ4n) is 2.98. The minimum absolute atomic E-state index is 0.0758. The molecule has 0 saturated heterocycles. The molecule has 1 aromatic heterocycles. The number of nitrogens with one attached hydrogen (secondary N) is 1. The average molecular weight is 445 g/mol. The third kappa shape index (κ3) is 4.78. The molecule has 1 N–H and O–H groups in total. The molecular formula is C22H24N2O6S. The molecule has 0 fully saturated rings. The highest BCUT2D eigenvalue weighted by atomic mass is 32.2. The summed E-state index contributed by atoms with van der Waals surface area (Å²) in [5.41, 5.74) is 1.78. The zero-order chi connectivity index (χ0) is 22.9. The van der Waals surface area contributed by atoms with Crippen LogP contribution >= 0.6 is 0 Å². The zero-order valence-corrected chi connectivity index (χ0v) is 18.7. The standard InChI is InChI=1S/C22H24N2O6S/c1-13-6-8-17(31(27,28)24(4)5)12-19(13)23-22(26)15(3)29-16-7-9-18-14(2)10-21(25)30-20(18)11-16/h6-12,15H,1-5H3,(H,23,26). The first-order valence-corrected chi connectivity index (χ1v) is 11.0. The van der Waals surface area contributed by atoms with Gasteiger partial charge in [-0.25, -0.2) is 17.5 Å². The number of carbonyl (C=O) groups is 1. The van der Waals surface area contributed by atoms with Gasteiger partial charge in [-0.1, -0.05) is 6.07 Å². The fraction of sp³-hybridized carbons (Fsp3) is 0.273. The number of rotatable bonds is 6. The van der Waals surface area contributed by atoms with Gasteiger partial charge in [0.15, 0.2) is 6.10 Å². The van der Waals surface area contributed by atoms with Crippen LogP contribution in [0.1, 0.15) is 18.1 Å². The maximum atomic E-state index is 12.7. The second-order valence-corrected chi connectivity index (χ2v) is 9.57. The second-order valence-electron chi connectivity index (χ2n) is 7.42. The Balaban J connectivity index is 1.80. The van der Waals surface area contributed by atoms with Crippen molar-refractivity contribution in [2.45, 2.75) is 31.8 Å². The second kappa shape index (κ2) is 8.52. The molecule has 0 radical (unpaired) electrons. The quantitative estimate of drug-likeness (QED) is 0.586. The van der Waals surface area contributed by atoms with E-state index in [4.69, 9.17) is 9.15 Å². The van der Waals surface area contributed by atoms with E-state index in [0.717, 1.165) is 15.3 Å². The van der Waals surface area contributed by atoms with Gasteiger partial charge in [0.25, 0.3) is 5.91 Å². The summed E-state index contributed by atoms with van der Waals surface area (Å²) in [5.74, 6) is -0.0853. The lowest BCUT2D eigenvalue weighted by Gasteiger charge is -2.17. The number of benzene rings is 2. The molecule has 3 aromatic rings. The van der Waals surface area contributed by atoms with Gasteiger partial charge in [0.1, 0.15) is 11.3 Å².